The second kappa shape index (κ2) is 5.46. The standard InChI is InChI=1S/C14H16ClNO2/c1-9-3-4-12(15)6-14(9)17-8-13-5-11(7-16)10(2)18-13/h3-6H,7-8,16H2,1-2H3. The van der Waals surface area contributed by atoms with Gasteiger partial charge in [0, 0.05) is 17.1 Å². The first kappa shape index (κ1) is 13.0. The van der Waals surface area contributed by atoms with E-state index >= 15 is 0 Å². The topological polar surface area (TPSA) is 48.4 Å². The Hall–Kier alpha value is -1.45. The van der Waals surface area contributed by atoms with Gasteiger partial charge in [0.15, 0.2) is 0 Å². The largest absolute Gasteiger partial charge is 0.485 e. The van der Waals surface area contributed by atoms with E-state index in [2.05, 4.69) is 0 Å². The third-order valence-corrected chi connectivity index (χ3v) is 3.05. The average Bonchev–Trinajstić information content (AvgIpc) is 2.71. The summed E-state index contributed by atoms with van der Waals surface area (Å²) in [5.74, 6) is 2.39. The summed E-state index contributed by atoms with van der Waals surface area (Å²) in [6, 6.07) is 7.50. The van der Waals surface area contributed by atoms with Crippen LogP contribution in [0.25, 0.3) is 0 Å². The molecular formula is C14H16ClNO2. The minimum absolute atomic E-state index is 0.377. The van der Waals surface area contributed by atoms with Gasteiger partial charge in [0.2, 0.25) is 0 Å². The van der Waals surface area contributed by atoms with E-state index in [9.17, 15) is 0 Å². The Bertz CT molecular complexity index is 549. The van der Waals surface area contributed by atoms with Gasteiger partial charge < -0.3 is 14.9 Å². The zero-order chi connectivity index (χ0) is 13.1. The third-order valence-electron chi connectivity index (χ3n) is 2.81. The Morgan fingerprint density at radius 2 is 2.06 bits per heavy atom. The average molecular weight is 266 g/mol. The molecule has 3 nitrogen and oxygen atoms in total. The van der Waals surface area contributed by atoms with Crippen LogP contribution in [-0.4, -0.2) is 0 Å². The lowest BCUT2D eigenvalue weighted by Gasteiger charge is -2.07. The summed E-state index contributed by atoms with van der Waals surface area (Å²) in [6.07, 6.45) is 0. The molecule has 1 aromatic carbocycles. The van der Waals surface area contributed by atoms with Crippen molar-refractivity contribution in [2.75, 3.05) is 0 Å². The SMILES string of the molecule is Cc1ccc(Cl)cc1OCc1cc(CN)c(C)o1. The number of nitrogens with two attached hydrogens (primary N) is 1. The van der Waals surface area contributed by atoms with E-state index in [0.29, 0.717) is 18.2 Å². The molecule has 96 valence electrons. The van der Waals surface area contributed by atoms with Gasteiger partial charge in [-0.3, -0.25) is 0 Å². The normalized spacial score (nSPS) is 10.7. The number of furan rings is 1. The molecule has 0 saturated heterocycles. The Morgan fingerprint density at radius 3 is 2.72 bits per heavy atom. The molecule has 2 N–H and O–H groups in total. The van der Waals surface area contributed by atoms with Gasteiger partial charge >= 0.3 is 0 Å². The van der Waals surface area contributed by atoms with Crippen LogP contribution in [0.2, 0.25) is 5.02 Å². The second-order valence-corrected chi connectivity index (χ2v) is 4.63. The van der Waals surface area contributed by atoms with Crippen molar-refractivity contribution in [2.45, 2.75) is 27.0 Å². The van der Waals surface area contributed by atoms with Crippen molar-refractivity contribution in [3.8, 4) is 5.75 Å². The first-order chi connectivity index (χ1) is 8.60. The number of halogens is 1. The van der Waals surface area contributed by atoms with Crippen molar-refractivity contribution in [2.24, 2.45) is 5.73 Å². The highest BCUT2D eigenvalue weighted by atomic mass is 35.5. The van der Waals surface area contributed by atoms with Crippen LogP contribution in [0, 0.1) is 13.8 Å². The molecule has 2 aromatic rings. The Kier molecular flexibility index (Phi) is 3.94. The molecule has 0 unspecified atom stereocenters. The fourth-order valence-corrected chi connectivity index (χ4v) is 1.90. The maximum atomic E-state index is 5.93. The number of hydrogen-bond donors (Lipinski definition) is 1. The summed E-state index contributed by atoms with van der Waals surface area (Å²) in [4.78, 5) is 0. The van der Waals surface area contributed by atoms with Crippen LogP contribution in [0.3, 0.4) is 0 Å². The quantitative estimate of drug-likeness (QED) is 0.919. The molecule has 0 aliphatic heterocycles. The number of benzene rings is 1. The highest BCUT2D eigenvalue weighted by Gasteiger charge is 2.07. The lowest BCUT2D eigenvalue weighted by Crippen LogP contribution is -1.96. The van der Waals surface area contributed by atoms with Gasteiger partial charge in [-0.15, -0.1) is 0 Å². The highest BCUT2D eigenvalue weighted by molar-refractivity contribution is 6.30. The lowest BCUT2D eigenvalue weighted by atomic mass is 10.2. The molecule has 0 saturated carbocycles. The van der Waals surface area contributed by atoms with Crippen molar-refractivity contribution in [3.63, 3.8) is 0 Å². The van der Waals surface area contributed by atoms with Crippen LogP contribution >= 0.6 is 11.6 Å². The molecule has 0 fully saturated rings. The minimum Gasteiger partial charge on any atom is -0.485 e. The number of hydrogen-bond acceptors (Lipinski definition) is 3. The Morgan fingerprint density at radius 1 is 1.28 bits per heavy atom. The van der Waals surface area contributed by atoms with Crippen LogP contribution in [0.5, 0.6) is 5.75 Å². The smallest absolute Gasteiger partial charge is 0.146 e. The van der Waals surface area contributed by atoms with Gasteiger partial charge in [-0.05, 0) is 37.6 Å². The van der Waals surface area contributed by atoms with Gasteiger partial charge in [0.05, 0.1) is 0 Å². The number of aryl methyl sites for hydroxylation is 2. The van der Waals surface area contributed by atoms with Crippen LogP contribution in [-0.2, 0) is 13.2 Å². The van der Waals surface area contributed by atoms with E-state index in [1.165, 1.54) is 0 Å². The number of rotatable bonds is 4. The second-order valence-electron chi connectivity index (χ2n) is 4.20. The Labute approximate surface area is 111 Å². The third kappa shape index (κ3) is 2.86. The molecule has 1 heterocycles. The van der Waals surface area contributed by atoms with E-state index in [1.807, 2.05) is 32.0 Å². The van der Waals surface area contributed by atoms with Gasteiger partial charge in [-0.2, -0.15) is 0 Å². The fraction of sp³-hybridized carbons (Fsp3) is 0.286. The molecular weight excluding hydrogens is 250 g/mol. The minimum atomic E-state index is 0.377. The van der Waals surface area contributed by atoms with Gasteiger partial charge in [-0.1, -0.05) is 17.7 Å². The van der Waals surface area contributed by atoms with E-state index in [4.69, 9.17) is 26.5 Å². The van der Waals surface area contributed by atoms with Crippen molar-refractivity contribution >= 4 is 11.6 Å². The zero-order valence-corrected chi connectivity index (χ0v) is 11.3. The van der Waals surface area contributed by atoms with Crippen LogP contribution < -0.4 is 10.5 Å². The first-order valence-electron chi connectivity index (χ1n) is 5.77. The molecule has 18 heavy (non-hydrogen) atoms. The summed E-state index contributed by atoms with van der Waals surface area (Å²) in [6.45, 7) is 4.73. The van der Waals surface area contributed by atoms with Gasteiger partial charge in [-0.25, -0.2) is 0 Å². The van der Waals surface area contributed by atoms with Crippen LogP contribution in [0.4, 0.5) is 0 Å². The maximum Gasteiger partial charge on any atom is 0.146 e. The molecule has 0 amide bonds. The molecule has 2 rings (SSSR count). The maximum absolute atomic E-state index is 5.93. The molecule has 0 radical (unpaired) electrons. The van der Waals surface area contributed by atoms with Crippen molar-refractivity contribution in [1.82, 2.24) is 0 Å². The molecule has 0 aliphatic carbocycles. The molecule has 4 heteroatoms. The van der Waals surface area contributed by atoms with Gasteiger partial charge in [0.25, 0.3) is 0 Å². The number of ether oxygens (including phenoxy) is 1. The van der Waals surface area contributed by atoms with Gasteiger partial charge in [0.1, 0.15) is 23.9 Å². The van der Waals surface area contributed by atoms with Crippen LogP contribution in [0.15, 0.2) is 28.7 Å². The lowest BCUT2D eigenvalue weighted by molar-refractivity contribution is 0.266. The monoisotopic (exact) mass is 265 g/mol. The van der Waals surface area contributed by atoms with E-state index in [1.54, 1.807) is 6.07 Å². The molecule has 1 aromatic heterocycles. The van der Waals surface area contributed by atoms with Crippen molar-refractivity contribution in [3.05, 3.63) is 51.9 Å². The van der Waals surface area contributed by atoms with E-state index in [-0.39, 0.29) is 0 Å². The van der Waals surface area contributed by atoms with E-state index < -0.39 is 0 Å². The van der Waals surface area contributed by atoms with Crippen molar-refractivity contribution < 1.29 is 9.15 Å². The predicted octanol–water partition coefficient (Wildman–Crippen LogP) is 3.59. The summed E-state index contributed by atoms with van der Waals surface area (Å²) < 4.78 is 11.3. The first-order valence-corrected chi connectivity index (χ1v) is 6.15. The summed E-state index contributed by atoms with van der Waals surface area (Å²) in [5, 5.41) is 0.661. The summed E-state index contributed by atoms with van der Waals surface area (Å²) in [5.41, 5.74) is 7.65. The molecule has 0 bridgehead atoms. The Balaban J connectivity index is 2.08. The molecule has 0 aliphatic rings. The predicted molar refractivity (Wildman–Crippen MR) is 71.9 cm³/mol. The van der Waals surface area contributed by atoms with Crippen molar-refractivity contribution in [1.29, 1.82) is 0 Å². The highest BCUT2D eigenvalue weighted by Crippen LogP contribution is 2.24. The van der Waals surface area contributed by atoms with Crippen LogP contribution in [0.1, 0.15) is 22.6 Å². The fourth-order valence-electron chi connectivity index (χ4n) is 1.74. The molecule has 0 spiro atoms. The summed E-state index contributed by atoms with van der Waals surface area (Å²) >= 11 is 5.93. The molecule has 0 atom stereocenters. The summed E-state index contributed by atoms with van der Waals surface area (Å²) in [7, 11) is 0. The van der Waals surface area contributed by atoms with E-state index in [0.717, 1.165) is 28.4 Å². The zero-order valence-electron chi connectivity index (χ0n) is 10.5.